The van der Waals surface area contributed by atoms with E-state index in [9.17, 15) is 23.1 Å². The lowest BCUT2D eigenvalue weighted by Crippen LogP contribution is -2.67. The van der Waals surface area contributed by atoms with Crippen molar-refractivity contribution in [2.45, 2.75) is 69.7 Å². The van der Waals surface area contributed by atoms with Crippen molar-refractivity contribution >= 4 is 6.03 Å². The number of likely N-dealkylation sites (tertiary alicyclic amines) is 2. The molecule has 1 aromatic carbocycles. The summed E-state index contributed by atoms with van der Waals surface area (Å²) in [5.74, 6) is 0. The molecule has 0 aromatic heterocycles. The minimum atomic E-state index is -4.66. The van der Waals surface area contributed by atoms with Crippen LogP contribution in [0.1, 0.15) is 51.2 Å². The van der Waals surface area contributed by atoms with E-state index in [2.05, 4.69) is 39.0 Å². The third-order valence-corrected chi connectivity index (χ3v) is 8.14. The van der Waals surface area contributed by atoms with E-state index in [1.54, 1.807) is 0 Å². The monoisotopic (exact) mass is 410 g/mol. The van der Waals surface area contributed by atoms with Crippen molar-refractivity contribution in [3.05, 3.63) is 35.4 Å². The van der Waals surface area contributed by atoms with Crippen LogP contribution >= 0.6 is 0 Å². The number of hydrogen-bond donors (Lipinski definition) is 1. The molecule has 4 nitrogen and oxygen atoms in total. The van der Waals surface area contributed by atoms with E-state index in [1.807, 2.05) is 11.0 Å². The van der Waals surface area contributed by atoms with Crippen LogP contribution in [0.2, 0.25) is 0 Å². The number of fused-ring (bicyclic) bond motifs is 4. The Labute approximate surface area is 169 Å². The van der Waals surface area contributed by atoms with Gasteiger partial charge in [0.05, 0.1) is 0 Å². The van der Waals surface area contributed by atoms with Crippen LogP contribution < -0.4 is 0 Å². The molecule has 2 aliphatic heterocycles. The Morgan fingerprint density at radius 3 is 2.31 bits per heavy atom. The summed E-state index contributed by atoms with van der Waals surface area (Å²) < 4.78 is 39.3. The van der Waals surface area contributed by atoms with E-state index in [1.165, 1.54) is 16.0 Å². The molecule has 160 valence electrons. The molecule has 0 spiro atoms. The number of carbonyl (C=O) groups is 1. The van der Waals surface area contributed by atoms with Gasteiger partial charge in [-0.15, -0.1) is 0 Å². The normalized spacial score (nSPS) is 30.7. The predicted molar refractivity (Wildman–Crippen MR) is 104 cm³/mol. The van der Waals surface area contributed by atoms with Crippen LogP contribution in [0.5, 0.6) is 0 Å². The fraction of sp³-hybridized carbons (Fsp3) is 0.682. The Morgan fingerprint density at radius 2 is 1.69 bits per heavy atom. The molecule has 2 fully saturated rings. The third kappa shape index (κ3) is 2.87. The lowest BCUT2D eigenvalue weighted by atomic mass is 9.51. The number of urea groups is 1. The second-order valence-corrected chi connectivity index (χ2v) is 9.67. The Morgan fingerprint density at radius 1 is 1.07 bits per heavy atom. The SMILES string of the molecule is CC1(C)[C@H]2Cc3ccccc3[C@]1(C)CCN2C(=O)N1CCC(O)(C(F)(F)F)CC1. The quantitative estimate of drug-likeness (QED) is 0.700. The average Bonchev–Trinajstić information content (AvgIpc) is 2.64. The summed E-state index contributed by atoms with van der Waals surface area (Å²) in [7, 11) is 0. The number of amides is 2. The van der Waals surface area contributed by atoms with E-state index in [0.29, 0.717) is 6.54 Å². The molecule has 1 N–H and O–H groups in total. The summed E-state index contributed by atoms with van der Waals surface area (Å²) in [4.78, 5) is 16.7. The summed E-state index contributed by atoms with van der Waals surface area (Å²) in [6, 6.07) is 8.18. The maximum atomic E-state index is 13.3. The van der Waals surface area contributed by atoms with E-state index >= 15 is 0 Å². The number of hydrogen-bond acceptors (Lipinski definition) is 2. The van der Waals surface area contributed by atoms with Gasteiger partial charge in [-0.25, -0.2) is 4.79 Å². The summed E-state index contributed by atoms with van der Waals surface area (Å²) in [5, 5.41) is 9.91. The minimum absolute atomic E-state index is 0.00734. The summed E-state index contributed by atoms with van der Waals surface area (Å²) >= 11 is 0. The molecule has 1 aliphatic carbocycles. The first-order chi connectivity index (χ1) is 13.4. The van der Waals surface area contributed by atoms with Gasteiger partial charge >= 0.3 is 12.2 Å². The molecular formula is C22H29F3N2O2. The van der Waals surface area contributed by atoms with Gasteiger partial charge in [0, 0.05) is 43.9 Å². The van der Waals surface area contributed by atoms with Gasteiger partial charge < -0.3 is 14.9 Å². The van der Waals surface area contributed by atoms with Gasteiger partial charge in [0.25, 0.3) is 0 Å². The van der Waals surface area contributed by atoms with Gasteiger partial charge in [0.1, 0.15) is 0 Å². The molecule has 0 unspecified atom stereocenters. The predicted octanol–water partition coefficient (Wildman–Crippen LogP) is 4.11. The third-order valence-electron chi connectivity index (χ3n) is 8.14. The maximum absolute atomic E-state index is 13.3. The Hall–Kier alpha value is -1.76. The molecule has 0 saturated carbocycles. The maximum Gasteiger partial charge on any atom is 0.417 e. The van der Waals surface area contributed by atoms with Crippen LogP contribution in [0.15, 0.2) is 24.3 Å². The summed E-state index contributed by atoms with van der Waals surface area (Å²) in [5.41, 5.74) is -0.296. The number of benzene rings is 1. The number of alkyl halides is 3. The van der Waals surface area contributed by atoms with Crippen molar-refractivity contribution in [3.63, 3.8) is 0 Å². The lowest BCUT2D eigenvalue weighted by Gasteiger charge is -2.61. The molecule has 2 bridgehead atoms. The van der Waals surface area contributed by atoms with E-state index in [0.717, 1.165) is 12.8 Å². The van der Waals surface area contributed by atoms with Gasteiger partial charge in [-0.2, -0.15) is 13.2 Å². The van der Waals surface area contributed by atoms with Crippen molar-refractivity contribution < 1.29 is 23.1 Å². The fourth-order valence-electron chi connectivity index (χ4n) is 5.63. The van der Waals surface area contributed by atoms with Gasteiger partial charge in [0.15, 0.2) is 5.60 Å². The van der Waals surface area contributed by atoms with E-state index in [-0.39, 0.29) is 36.0 Å². The molecule has 4 rings (SSSR count). The molecule has 29 heavy (non-hydrogen) atoms. The molecule has 0 radical (unpaired) electrons. The molecular weight excluding hydrogens is 381 g/mol. The van der Waals surface area contributed by atoms with E-state index < -0.39 is 24.6 Å². The molecule has 2 amide bonds. The second-order valence-electron chi connectivity index (χ2n) is 9.67. The molecule has 2 saturated heterocycles. The average molecular weight is 410 g/mol. The number of nitrogens with zero attached hydrogens (tertiary/aromatic N) is 2. The number of halogens is 3. The van der Waals surface area contributed by atoms with Crippen LogP contribution in [0.25, 0.3) is 0 Å². The topological polar surface area (TPSA) is 43.8 Å². The van der Waals surface area contributed by atoms with Crippen LogP contribution in [0, 0.1) is 5.41 Å². The van der Waals surface area contributed by atoms with Crippen molar-refractivity contribution in [3.8, 4) is 0 Å². The second kappa shape index (κ2) is 6.37. The van der Waals surface area contributed by atoms with Crippen molar-refractivity contribution in [2.75, 3.05) is 19.6 Å². The molecule has 1 aromatic rings. The Balaban J connectivity index is 1.57. The van der Waals surface area contributed by atoms with Gasteiger partial charge in [0.2, 0.25) is 0 Å². The fourth-order valence-corrected chi connectivity index (χ4v) is 5.63. The standard InChI is InChI=1S/C22H29F3N2O2/c1-19(2)17-14-15-6-4-5-7-16(15)20(19,3)8-13-27(17)18(28)26-11-9-21(29,10-12-26)22(23,24)25/h4-7,17,29H,8-14H2,1-3H3/t17-,20+/m1/s1. The smallest absolute Gasteiger partial charge is 0.380 e. The highest BCUT2D eigenvalue weighted by Crippen LogP contribution is 2.56. The Kier molecular flexibility index (Phi) is 4.50. The van der Waals surface area contributed by atoms with Crippen LogP contribution in [-0.2, 0) is 11.8 Å². The van der Waals surface area contributed by atoms with Crippen molar-refractivity contribution in [1.29, 1.82) is 0 Å². The Bertz CT molecular complexity index is 815. The molecule has 3 aliphatic rings. The molecule has 2 atom stereocenters. The van der Waals surface area contributed by atoms with Gasteiger partial charge in [-0.1, -0.05) is 45.0 Å². The highest BCUT2D eigenvalue weighted by Gasteiger charge is 2.58. The number of carbonyl (C=O) groups excluding carboxylic acids is 1. The zero-order chi connectivity index (χ0) is 21.2. The lowest BCUT2D eigenvalue weighted by molar-refractivity contribution is -0.271. The highest BCUT2D eigenvalue weighted by atomic mass is 19.4. The van der Waals surface area contributed by atoms with Gasteiger partial charge in [-0.3, -0.25) is 0 Å². The largest absolute Gasteiger partial charge is 0.417 e. The molecule has 7 heteroatoms. The number of rotatable bonds is 0. The first kappa shape index (κ1) is 20.5. The van der Waals surface area contributed by atoms with Crippen LogP contribution in [0.4, 0.5) is 18.0 Å². The molecule has 2 heterocycles. The zero-order valence-corrected chi connectivity index (χ0v) is 17.2. The number of piperidine rings is 2. The van der Waals surface area contributed by atoms with Crippen molar-refractivity contribution in [1.82, 2.24) is 9.80 Å². The van der Waals surface area contributed by atoms with E-state index in [4.69, 9.17) is 0 Å². The first-order valence-electron chi connectivity index (χ1n) is 10.3. The zero-order valence-electron chi connectivity index (χ0n) is 17.2. The van der Waals surface area contributed by atoms with Crippen LogP contribution in [0.3, 0.4) is 0 Å². The number of aliphatic hydroxyl groups is 1. The first-order valence-corrected chi connectivity index (χ1v) is 10.3. The highest BCUT2D eigenvalue weighted by molar-refractivity contribution is 5.75. The van der Waals surface area contributed by atoms with Crippen LogP contribution in [-0.4, -0.2) is 58.4 Å². The van der Waals surface area contributed by atoms with Crippen molar-refractivity contribution in [2.24, 2.45) is 5.41 Å². The summed E-state index contributed by atoms with van der Waals surface area (Å²) in [6.45, 7) is 7.11. The van der Waals surface area contributed by atoms with Gasteiger partial charge in [-0.05, 0) is 29.4 Å². The minimum Gasteiger partial charge on any atom is -0.380 e. The summed E-state index contributed by atoms with van der Waals surface area (Å²) in [6.07, 6.45) is -4.02.